The summed E-state index contributed by atoms with van der Waals surface area (Å²) in [7, 11) is 1.62. The Labute approximate surface area is 145 Å². The quantitative estimate of drug-likeness (QED) is 0.675. The molecule has 0 aliphatic heterocycles. The molecule has 0 aromatic heterocycles. The third-order valence-electron chi connectivity index (χ3n) is 3.89. The van der Waals surface area contributed by atoms with E-state index < -0.39 is 0 Å². The summed E-state index contributed by atoms with van der Waals surface area (Å²) < 4.78 is 4.93. The molecule has 23 heavy (non-hydrogen) atoms. The van der Waals surface area contributed by atoms with E-state index in [1.54, 1.807) is 7.11 Å². The average Bonchev–Trinajstić information content (AvgIpc) is 3.18. The van der Waals surface area contributed by atoms with Gasteiger partial charge in [-0.2, -0.15) is 0 Å². The summed E-state index contributed by atoms with van der Waals surface area (Å²) in [6, 6.07) is 7.31. The van der Waals surface area contributed by atoms with Crippen LogP contribution in [0.1, 0.15) is 85.1 Å². The maximum Gasteiger partial charge on any atom is 0.118 e. The molecule has 1 aliphatic carbocycles. The Bertz CT molecular complexity index is 288. The van der Waals surface area contributed by atoms with Crippen LogP contribution in [0.3, 0.4) is 0 Å². The van der Waals surface area contributed by atoms with Crippen LogP contribution in [-0.2, 0) is 6.61 Å². The van der Waals surface area contributed by atoms with Crippen molar-refractivity contribution in [3.8, 4) is 5.75 Å². The third-order valence-corrected chi connectivity index (χ3v) is 3.89. The van der Waals surface area contributed by atoms with Gasteiger partial charge < -0.3 is 9.84 Å². The highest BCUT2D eigenvalue weighted by molar-refractivity contribution is 5.26. The second kappa shape index (κ2) is 19.0. The van der Waals surface area contributed by atoms with Gasteiger partial charge in [0, 0.05) is 0 Å². The molecule has 0 heterocycles. The molecule has 0 radical (unpaired) electrons. The Kier molecular flexibility index (Phi) is 20.0. The van der Waals surface area contributed by atoms with Crippen LogP contribution >= 0.6 is 0 Å². The highest BCUT2D eigenvalue weighted by atomic mass is 16.5. The van der Waals surface area contributed by atoms with Gasteiger partial charge in [0.1, 0.15) is 5.75 Å². The van der Waals surface area contributed by atoms with Crippen molar-refractivity contribution in [3.05, 3.63) is 29.8 Å². The van der Waals surface area contributed by atoms with E-state index in [1.165, 1.54) is 44.9 Å². The van der Waals surface area contributed by atoms with Crippen molar-refractivity contribution in [2.24, 2.45) is 5.92 Å². The smallest absolute Gasteiger partial charge is 0.118 e. The molecular weight excluding hydrogens is 284 g/mol. The van der Waals surface area contributed by atoms with Gasteiger partial charge in [-0.25, -0.2) is 0 Å². The van der Waals surface area contributed by atoms with E-state index in [2.05, 4.69) is 20.8 Å². The van der Waals surface area contributed by atoms with Crippen LogP contribution in [0.2, 0.25) is 0 Å². The van der Waals surface area contributed by atoms with E-state index in [0.717, 1.165) is 17.2 Å². The van der Waals surface area contributed by atoms with Crippen molar-refractivity contribution >= 4 is 0 Å². The van der Waals surface area contributed by atoms with Gasteiger partial charge in [0.2, 0.25) is 0 Å². The predicted molar refractivity (Wildman–Crippen MR) is 103 cm³/mol. The van der Waals surface area contributed by atoms with Crippen LogP contribution in [0.25, 0.3) is 0 Å². The van der Waals surface area contributed by atoms with Crippen molar-refractivity contribution in [1.82, 2.24) is 0 Å². The van der Waals surface area contributed by atoms with Crippen LogP contribution in [-0.4, -0.2) is 12.2 Å². The summed E-state index contributed by atoms with van der Waals surface area (Å²) in [4.78, 5) is 0. The van der Waals surface area contributed by atoms with Crippen LogP contribution in [0.15, 0.2) is 24.3 Å². The molecule has 1 fully saturated rings. The van der Waals surface area contributed by atoms with E-state index >= 15 is 0 Å². The Morgan fingerprint density at radius 2 is 1.43 bits per heavy atom. The number of benzene rings is 1. The van der Waals surface area contributed by atoms with Gasteiger partial charge in [0.25, 0.3) is 0 Å². The molecule has 2 nitrogen and oxygen atoms in total. The number of hydrogen-bond donors (Lipinski definition) is 1. The molecule has 1 saturated carbocycles. The lowest BCUT2D eigenvalue weighted by molar-refractivity contribution is 0.281. The SMILES string of the molecule is CC.CCC1CCCC1.CCCC.COc1ccc(CO)cc1. The fourth-order valence-electron chi connectivity index (χ4n) is 2.15. The zero-order chi connectivity index (χ0) is 17.9. The van der Waals surface area contributed by atoms with Crippen molar-refractivity contribution in [1.29, 1.82) is 0 Å². The highest BCUT2D eigenvalue weighted by Gasteiger charge is 2.11. The molecule has 0 bridgehead atoms. The van der Waals surface area contributed by atoms with Crippen molar-refractivity contribution < 1.29 is 9.84 Å². The first-order valence-electron chi connectivity index (χ1n) is 9.45. The van der Waals surface area contributed by atoms with Crippen molar-refractivity contribution in [2.75, 3.05) is 7.11 Å². The lowest BCUT2D eigenvalue weighted by Crippen LogP contribution is -1.86. The maximum absolute atomic E-state index is 8.66. The summed E-state index contributed by atoms with van der Waals surface area (Å²) in [5.74, 6) is 1.91. The molecule has 2 heteroatoms. The molecular formula is C21H40O2. The molecule has 0 unspecified atom stereocenters. The molecule has 1 aliphatic rings. The van der Waals surface area contributed by atoms with E-state index in [4.69, 9.17) is 9.84 Å². The zero-order valence-electron chi connectivity index (χ0n) is 16.4. The molecule has 0 amide bonds. The fourth-order valence-corrected chi connectivity index (χ4v) is 2.15. The first-order valence-corrected chi connectivity index (χ1v) is 9.45. The molecule has 0 atom stereocenters. The molecule has 136 valence electrons. The zero-order valence-corrected chi connectivity index (χ0v) is 16.4. The van der Waals surface area contributed by atoms with Gasteiger partial charge in [-0.3, -0.25) is 0 Å². The molecule has 0 saturated heterocycles. The molecule has 1 aromatic carbocycles. The summed E-state index contributed by atoms with van der Waals surface area (Å²) in [5.41, 5.74) is 0.904. The number of aliphatic hydroxyl groups is 1. The summed E-state index contributed by atoms with van der Waals surface area (Å²) in [6.07, 6.45) is 10.1. The molecule has 1 aromatic rings. The van der Waals surface area contributed by atoms with Crippen LogP contribution < -0.4 is 4.74 Å². The standard InChI is InChI=1S/C8H10O2.C7H14.C4H10.C2H6/c1-10-8-4-2-7(6-9)3-5-8;1-2-7-5-3-4-6-7;1-3-4-2;1-2/h2-5,9H,6H2,1H3;7H,2-6H2,1H3;3-4H2,1-2H3;1-2H3. The minimum absolute atomic E-state index is 0.0873. The van der Waals surface area contributed by atoms with Gasteiger partial charge in [-0.05, 0) is 23.6 Å². The number of aliphatic hydroxyl groups excluding tert-OH is 1. The van der Waals surface area contributed by atoms with E-state index in [9.17, 15) is 0 Å². The topological polar surface area (TPSA) is 29.5 Å². The largest absolute Gasteiger partial charge is 0.497 e. The van der Waals surface area contributed by atoms with E-state index in [-0.39, 0.29) is 6.61 Å². The third kappa shape index (κ3) is 14.3. The molecule has 2 rings (SSSR count). The van der Waals surface area contributed by atoms with Gasteiger partial charge >= 0.3 is 0 Å². The van der Waals surface area contributed by atoms with Crippen molar-refractivity contribution in [2.45, 2.75) is 86.2 Å². The molecule has 1 N–H and O–H groups in total. The van der Waals surface area contributed by atoms with Crippen LogP contribution in [0.5, 0.6) is 5.75 Å². The number of unbranched alkanes of at least 4 members (excludes halogenated alkanes) is 1. The first kappa shape index (κ1) is 24.2. The van der Waals surface area contributed by atoms with Crippen molar-refractivity contribution in [3.63, 3.8) is 0 Å². The van der Waals surface area contributed by atoms with Gasteiger partial charge in [-0.15, -0.1) is 0 Å². The maximum atomic E-state index is 8.66. The minimum Gasteiger partial charge on any atom is -0.497 e. The summed E-state index contributed by atoms with van der Waals surface area (Å²) in [5, 5.41) is 8.66. The number of methoxy groups -OCH3 is 1. The predicted octanol–water partition coefficient (Wildman–Crippen LogP) is 6.61. The average molecular weight is 325 g/mol. The Balaban J connectivity index is 0. The van der Waals surface area contributed by atoms with Crippen LogP contribution in [0.4, 0.5) is 0 Å². The van der Waals surface area contributed by atoms with E-state index in [1.807, 2.05) is 38.1 Å². The van der Waals surface area contributed by atoms with Gasteiger partial charge in [-0.1, -0.05) is 91.7 Å². The Morgan fingerprint density at radius 3 is 1.70 bits per heavy atom. The number of hydrogen-bond acceptors (Lipinski definition) is 2. The minimum atomic E-state index is 0.0873. The second-order valence-corrected chi connectivity index (χ2v) is 5.56. The number of rotatable bonds is 4. The molecule has 0 spiro atoms. The van der Waals surface area contributed by atoms with Gasteiger partial charge in [0.15, 0.2) is 0 Å². The second-order valence-electron chi connectivity index (χ2n) is 5.56. The lowest BCUT2D eigenvalue weighted by Gasteiger charge is -1.99. The summed E-state index contributed by atoms with van der Waals surface area (Å²) >= 11 is 0. The first-order chi connectivity index (χ1) is 11.2. The van der Waals surface area contributed by atoms with Crippen LogP contribution in [0, 0.1) is 5.92 Å². The Morgan fingerprint density at radius 1 is 0.957 bits per heavy atom. The Hall–Kier alpha value is -1.02. The normalized spacial score (nSPS) is 12.8. The number of ether oxygens (including phenoxy) is 1. The lowest BCUT2D eigenvalue weighted by atomic mass is 10.1. The highest BCUT2D eigenvalue weighted by Crippen LogP contribution is 2.26. The van der Waals surface area contributed by atoms with Gasteiger partial charge in [0.05, 0.1) is 13.7 Å². The van der Waals surface area contributed by atoms with E-state index in [0.29, 0.717) is 0 Å². The fraction of sp³-hybridized carbons (Fsp3) is 0.714. The monoisotopic (exact) mass is 324 g/mol. The summed E-state index contributed by atoms with van der Waals surface area (Å²) in [6.45, 7) is 10.7.